The van der Waals surface area contributed by atoms with Gasteiger partial charge >= 0.3 is 5.95 Å². The van der Waals surface area contributed by atoms with E-state index < -0.39 is 33.5 Å². The summed E-state index contributed by atoms with van der Waals surface area (Å²) >= 11 is 0. The van der Waals surface area contributed by atoms with Crippen LogP contribution in [-0.4, -0.2) is 35.5 Å². The van der Waals surface area contributed by atoms with Crippen molar-refractivity contribution in [2.75, 3.05) is 10.6 Å². The summed E-state index contributed by atoms with van der Waals surface area (Å²) < 4.78 is 40.0. The molecule has 45 heavy (non-hydrogen) atoms. The Balaban J connectivity index is 1.24. The molecule has 6 rings (SSSR count). The normalized spacial score (nSPS) is 16.4. The van der Waals surface area contributed by atoms with Gasteiger partial charge in [-0.15, -0.1) is 0 Å². The van der Waals surface area contributed by atoms with Crippen molar-refractivity contribution in [3.63, 3.8) is 0 Å². The van der Waals surface area contributed by atoms with Gasteiger partial charge in [-0.1, -0.05) is 80.6 Å². The molecule has 1 aliphatic rings. The van der Waals surface area contributed by atoms with Crippen molar-refractivity contribution in [2.45, 2.75) is 57.0 Å². The molecule has 2 unspecified atom stereocenters. The monoisotopic (exact) mass is 627 g/mol. The van der Waals surface area contributed by atoms with Crippen LogP contribution in [0.5, 0.6) is 5.95 Å². The predicted molar refractivity (Wildman–Crippen MR) is 177 cm³/mol. The van der Waals surface area contributed by atoms with Crippen molar-refractivity contribution in [3.8, 4) is 5.95 Å². The third-order valence-corrected chi connectivity index (χ3v) is 9.43. The maximum atomic E-state index is 13.7. The number of rotatable bonds is 10. The van der Waals surface area contributed by atoms with Crippen LogP contribution >= 0.6 is 0 Å². The highest BCUT2D eigenvalue weighted by molar-refractivity contribution is 7.86. The van der Waals surface area contributed by atoms with Crippen LogP contribution in [0.2, 0.25) is 0 Å². The smallest absolute Gasteiger partial charge is 0.306 e. The van der Waals surface area contributed by atoms with E-state index in [2.05, 4.69) is 58.4 Å². The molecule has 3 atom stereocenters. The van der Waals surface area contributed by atoms with Gasteiger partial charge in [0.25, 0.3) is 10.1 Å². The zero-order valence-electron chi connectivity index (χ0n) is 25.2. The van der Waals surface area contributed by atoms with Gasteiger partial charge in [0.05, 0.1) is 6.04 Å². The Morgan fingerprint density at radius 1 is 0.956 bits per heavy atom. The summed E-state index contributed by atoms with van der Waals surface area (Å²) in [4.78, 5) is 13.7. The highest BCUT2D eigenvalue weighted by Crippen LogP contribution is 2.43. The van der Waals surface area contributed by atoms with E-state index in [1.54, 1.807) is 30.3 Å². The molecule has 5 aromatic rings. The topological polar surface area (TPSA) is 141 Å². The molecule has 5 N–H and O–H groups in total. The minimum Gasteiger partial charge on any atom is -0.479 e. The number of hydrogen-bond donors (Lipinski definition) is 5. The molecule has 10 heteroatoms. The summed E-state index contributed by atoms with van der Waals surface area (Å²) in [5, 5.41) is 23.9. The summed E-state index contributed by atoms with van der Waals surface area (Å²) in [6.45, 7) is 3.81. The van der Waals surface area contributed by atoms with E-state index >= 15 is 0 Å². The lowest BCUT2D eigenvalue weighted by atomic mass is 9.78. The van der Waals surface area contributed by atoms with E-state index in [-0.39, 0.29) is 23.9 Å². The largest absolute Gasteiger partial charge is 0.479 e. The highest BCUT2D eigenvalue weighted by atomic mass is 32.2. The first-order valence-corrected chi connectivity index (χ1v) is 16.7. The number of furan rings is 1. The molecule has 1 aliphatic carbocycles. The Morgan fingerprint density at radius 3 is 2.44 bits per heavy atom. The summed E-state index contributed by atoms with van der Waals surface area (Å²) in [7, 11) is -4.65. The lowest BCUT2D eigenvalue weighted by Crippen LogP contribution is -2.52. The van der Waals surface area contributed by atoms with Gasteiger partial charge in [0, 0.05) is 11.3 Å². The van der Waals surface area contributed by atoms with Crippen molar-refractivity contribution in [1.82, 2.24) is 5.32 Å². The van der Waals surface area contributed by atoms with E-state index in [1.165, 1.54) is 38.9 Å². The first kappa shape index (κ1) is 30.6. The number of anilines is 2. The fourth-order valence-electron chi connectivity index (χ4n) is 6.42. The predicted octanol–water partition coefficient (Wildman–Crippen LogP) is 6.79. The molecular formula is C35H37N3O6S. The Labute approximate surface area is 262 Å². The standard InChI is InChI=1S/C35H37N3O6S/c1-21(2)18-31(37-35(45(41,42)43)36-25-9-4-3-5-10-25)33(39)38-32-30(20-44-34(32)40)24-13-15-27-23(19-24)14-17-28-26-11-7-6-8-22(26)12-16-29(27)28/h3-12,14,16-17,20-21,24,31,35-37,40H,13,15,18-19H2,1-2H3,(H,38,39)(H,41,42,43)/t24?,31-,35?/m0/s1. The molecule has 0 saturated heterocycles. The van der Waals surface area contributed by atoms with E-state index in [0.29, 0.717) is 17.7 Å². The second kappa shape index (κ2) is 12.5. The van der Waals surface area contributed by atoms with Gasteiger partial charge in [0.2, 0.25) is 11.4 Å². The second-order valence-corrected chi connectivity index (χ2v) is 13.6. The summed E-state index contributed by atoms with van der Waals surface area (Å²) in [6, 6.07) is 24.6. The molecule has 234 valence electrons. The average Bonchev–Trinajstić information content (AvgIpc) is 3.38. The van der Waals surface area contributed by atoms with Crippen LogP contribution in [0.25, 0.3) is 21.5 Å². The number of para-hydroxylation sites is 1. The SMILES string of the molecule is CC(C)C[C@H](NC(Nc1ccccc1)S(=O)(=O)O)C(=O)Nc1c(C2CCc3c(ccc4c3ccc3ccccc34)C2)coc1O. The van der Waals surface area contributed by atoms with Crippen molar-refractivity contribution < 1.29 is 27.3 Å². The molecule has 0 radical (unpaired) electrons. The average molecular weight is 628 g/mol. The summed E-state index contributed by atoms with van der Waals surface area (Å²) in [5.41, 5.74) is 2.20. The minimum absolute atomic E-state index is 0.00577. The number of aryl methyl sites for hydroxylation is 1. The van der Waals surface area contributed by atoms with Crippen LogP contribution in [0, 0.1) is 5.92 Å². The third-order valence-electron chi connectivity index (χ3n) is 8.58. The van der Waals surface area contributed by atoms with Gasteiger partial charge in [0.15, 0.2) is 0 Å². The van der Waals surface area contributed by atoms with Crippen LogP contribution in [0.3, 0.4) is 0 Å². The Hall–Kier alpha value is -4.38. The van der Waals surface area contributed by atoms with Gasteiger partial charge in [-0.05, 0) is 82.3 Å². The maximum Gasteiger partial charge on any atom is 0.306 e. The molecule has 1 aromatic heterocycles. The Kier molecular flexibility index (Phi) is 8.54. The van der Waals surface area contributed by atoms with Crippen LogP contribution in [0.15, 0.2) is 89.5 Å². The maximum absolute atomic E-state index is 13.7. The molecule has 0 spiro atoms. The van der Waals surface area contributed by atoms with Crippen LogP contribution in [0.4, 0.5) is 11.4 Å². The third kappa shape index (κ3) is 6.54. The molecular weight excluding hydrogens is 590 g/mol. The van der Waals surface area contributed by atoms with Crippen LogP contribution < -0.4 is 16.0 Å². The van der Waals surface area contributed by atoms with Crippen molar-refractivity contribution in [3.05, 3.63) is 102 Å². The first-order valence-electron chi connectivity index (χ1n) is 15.2. The van der Waals surface area contributed by atoms with Crippen molar-refractivity contribution in [1.29, 1.82) is 0 Å². The number of fused-ring (bicyclic) bond motifs is 5. The number of carbonyl (C=O) groups is 1. The fraction of sp³-hybridized carbons (Fsp3) is 0.286. The molecule has 0 bridgehead atoms. The van der Waals surface area contributed by atoms with Gasteiger partial charge in [-0.3, -0.25) is 14.7 Å². The van der Waals surface area contributed by atoms with E-state index in [9.17, 15) is 22.9 Å². The first-order chi connectivity index (χ1) is 21.6. The fourth-order valence-corrected chi connectivity index (χ4v) is 7.04. The lowest BCUT2D eigenvalue weighted by Gasteiger charge is -2.27. The van der Waals surface area contributed by atoms with E-state index in [0.717, 1.165) is 12.8 Å². The van der Waals surface area contributed by atoms with Gasteiger partial charge in [-0.25, -0.2) is 0 Å². The van der Waals surface area contributed by atoms with Gasteiger partial charge < -0.3 is 20.2 Å². The quantitative estimate of drug-likeness (QED) is 0.0648. The minimum atomic E-state index is -4.65. The van der Waals surface area contributed by atoms with Crippen molar-refractivity contribution in [2.24, 2.45) is 5.92 Å². The molecule has 1 amide bonds. The van der Waals surface area contributed by atoms with Gasteiger partial charge in [-0.2, -0.15) is 8.42 Å². The molecule has 0 saturated carbocycles. The number of amides is 1. The summed E-state index contributed by atoms with van der Waals surface area (Å²) in [6.07, 6.45) is 4.08. The number of carbonyl (C=O) groups excluding carboxylic acids is 1. The molecule has 0 aliphatic heterocycles. The lowest BCUT2D eigenvalue weighted by molar-refractivity contribution is -0.118. The number of hydrogen-bond acceptors (Lipinski definition) is 7. The highest BCUT2D eigenvalue weighted by Gasteiger charge is 2.33. The number of benzene rings is 4. The number of nitrogens with one attached hydrogen (secondary N) is 3. The van der Waals surface area contributed by atoms with E-state index in [1.807, 2.05) is 19.9 Å². The number of aromatic hydroxyl groups is 1. The van der Waals surface area contributed by atoms with Crippen molar-refractivity contribution >= 4 is 48.9 Å². The molecule has 1 heterocycles. The zero-order chi connectivity index (χ0) is 31.7. The second-order valence-electron chi connectivity index (χ2n) is 12.1. The van der Waals surface area contributed by atoms with Gasteiger partial charge in [0.1, 0.15) is 12.0 Å². The Bertz CT molecular complexity index is 1950. The Morgan fingerprint density at radius 2 is 1.69 bits per heavy atom. The van der Waals surface area contributed by atoms with Crippen LogP contribution in [0.1, 0.15) is 49.3 Å². The van der Waals surface area contributed by atoms with E-state index in [4.69, 9.17) is 4.42 Å². The summed E-state index contributed by atoms with van der Waals surface area (Å²) in [5.74, 6) is -0.978. The molecule has 9 nitrogen and oxygen atoms in total. The molecule has 0 fully saturated rings. The zero-order valence-corrected chi connectivity index (χ0v) is 26.0. The molecule has 4 aromatic carbocycles. The van der Waals surface area contributed by atoms with Crippen LogP contribution in [-0.2, 0) is 27.8 Å².